The third-order valence-corrected chi connectivity index (χ3v) is 3.90. The van der Waals surface area contributed by atoms with Crippen molar-refractivity contribution >= 4 is 17.5 Å². The van der Waals surface area contributed by atoms with Gasteiger partial charge in [0.2, 0.25) is 0 Å². The van der Waals surface area contributed by atoms with Crippen molar-refractivity contribution in [3.63, 3.8) is 0 Å². The lowest BCUT2D eigenvalue weighted by molar-refractivity contribution is 0.0816. The van der Waals surface area contributed by atoms with E-state index in [0.29, 0.717) is 11.6 Å². The number of aliphatic hydroxyl groups excluding tert-OH is 1. The van der Waals surface area contributed by atoms with Crippen LogP contribution in [0, 0.1) is 5.82 Å². The molecular weight excluding hydrogens is 295 g/mol. The van der Waals surface area contributed by atoms with E-state index in [1.165, 1.54) is 18.2 Å². The Kier molecular flexibility index (Phi) is 5.96. The van der Waals surface area contributed by atoms with Crippen LogP contribution < -0.4 is 5.32 Å². The number of likely N-dealkylation sites (tertiary alicyclic amines) is 1. The number of benzene rings is 1. The second-order valence-corrected chi connectivity index (χ2v) is 5.74. The summed E-state index contributed by atoms with van der Waals surface area (Å²) in [7, 11) is 0. The number of carbonyl (C=O) groups excluding carboxylic acids is 1. The van der Waals surface area contributed by atoms with Crippen molar-refractivity contribution in [1.82, 2.24) is 10.2 Å². The largest absolute Gasteiger partial charge is 0.393 e. The summed E-state index contributed by atoms with van der Waals surface area (Å²) in [6.45, 7) is 3.13. The van der Waals surface area contributed by atoms with Crippen LogP contribution in [-0.4, -0.2) is 48.2 Å². The first-order valence-corrected chi connectivity index (χ1v) is 7.58. The van der Waals surface area contributed by atoms with Gasteiger partial charge in [-0.2, -0.15) is 0 Å². The zero-order chi connectivity index (χ0) is 15.2. The number of rotatable bonds is 5. The van der Waals surface area contributed by atoms with E-state index in [0.717, 1.165) is 38.9 Å². The summed E-state index contributed by atoms with van der Waals surface area (Å²) in [6.07, 6.45) is 2.23. The Morgan fingerprint density at radius 1 is 1.43 bits per heavy atom. The summed E-state index contributed by atoms with van der Waals surface area (Å²) in [4.78, 5) is 14.1. The molecule has 0 aromatic heterocycles. The van der Waals surface area contributed by atoms with Gasteiger partial charge in [-0.1, -0.05) is 11.6 Å². The summed E-state index contributed by atoms with van der Waals surface area (Å²) in [5.41, 5.74) is -0.0244. The van der Waals surface area contributed by atoms with Gasteiger partial charge in [0.25, 0.3) is 5.91 Å². The maximum absolute atomic E-state index is 13.5. The maximum atomic E-state index is 13.5. The fourth-order valence-corrected chi connectivity index (χ4v) is 2.59. The van der Waals surface area contributed by atoms with E-state index in [1.807, 2.05) is 0 Å². The number of carbonyl (C=O) groups is 1. The van der Waals surface area contributed by atoms with Crippen LogP contribution in [0.15, 0.2) is 18.2 Å². The van der Waals surface area contributed by atoms with Crippen LogP contribution in [0.5, 0.6) is 0 Å². The minimum absolute atomic E-state index is 0.0244. The van der Waals surface area contributed by atoms with E-state index in [9.17, 15) is 14.3 Å². The zero-order valence-corrected chi connectivity index (χ0v) is 12.6. The predicted octanol–water partition coefficient (Wildman–Crippen LogP) is 2.06. The molecule has 1 fully saturated rings. The molecule has 0 bridgehead atoms. The molecule has 2 N–H and O–H groups in total. The third-order valence-electron chi connectivity index (χ3n) is 3.67. The lowest BCUT2D eigenvalue weighted by Crippen LogP contribution is -2.37. The molecule has 4 nitrogen and oxygen atoms in total. The van der Waals surface area contributed by atoms with Gasteiger partial charge in [0.15, 0.2) is 0 Å². The van der Waals surface area contributed by atoms with E-state index >= 15 is 0 Å². The molecule has 1 aromatic rings. The molecule has 0 saturated carbocycles. The number of nitrogens with zero attached hydrogens (tertiary/aromatic N) is 1. The average Bonchev–Trinajstić information content (AvgIpc) is 2.47. The number of hydrogen-bond acceptors (Lipinski definition) is 3. The van der Waals surface area contributed by atoms with Gasteiger partial charge >= 0.3 is 0 Å². The highest BCUT2D eigenvalue weighted by Gasteiger charge is 2.16. The summed E-state index contributed by atoms with van der Waals surface area (Å²) in [6, 6.07) is 3.94. The molecule has 0 aliphatic carbocycles. The molecule has 0 unspecified atom stereocenters. The van der Waals surface area contributed by atoms with Crippen LogP contribution >= 0.6 is 11.6 Å². The fourth-order valence-electron chi connectivity index (χ4n) is 2.41. The van der Waals surface area contributed by atoms with Crippen molar-refractivity contribution in [2.75, 3.05) is 26.2 Å². The van der Waals surface area contributed by atoms with Crippen molar-refractivity contribution in [2.24, 2.45) is 0 Å². The Morgan fingerprint density at radius 3 is 2.86 bits per heavy atom. The van der Waals surface area contributed by atoms with Gasteiger partial charge in [0, 0.05) is 24.7 Å². The molecule has 1 amide bonds. The normalized spacial score (nSPS) is 16.9. The first-order chi connectivity index (χ1) is 10.1. The van der Waals surface area contributed by atoms with Crippen molar-refractivity contribution in [3.8, 4) is 0 Å². The van der Waals surface area contributed by atoms with Crippen molar-refractivity contribution in [3.05, 3.63) is 34.6 Å². The molecule has 1 aliphatic rings. The number of halogens is 2. The quantitative estimate of drug-likeness (QED) is 0.818. The average molecular weight is 315 g/mol. The molecular formula is C15H20ClFN2O2. The molecule has 1 aliphatic heterocycles. The number of aliphatic hydroxyl groups is 1. The molecule has 1 aromatic carbocycles. The van der Waals surface area contributed by atoms with Gasteiger partial charge in [0.05, 0.1) is 11.7 Å². The summed E-state index contributed by atoms with van der Waals surface area (Å²) >= 11 is 5.76. The topological polar surface area (TPSA) is 52.6 Å². The molecule has 116 valence electrons. The third kappa shape index (κ3) is 4.95. The van der Waals surface area contributed by atoms with Crippen LogP contribution in [0.2, 0.25) is 5.02 Å². The highest BCUT2D eigenvalue weighted by Crippen LogP contribution is 2.14. The Labute approximate surface area is 128 Å². The Morgan fingerprint density at radius 2 is 2.14 bits per heavy atom. The maximum Gasteiger partial charge on any atom is 0.254 e. The highest BCUT2D eigenvalue weighted by atomic mass is 35.5. The van der Waals surface area contributed by atoms with Crippen LogP contribution in [-0.2, 0) is 0 Å². The second kappa shape index (κ2) is 7.73. The van der Waals surface area contributed by atoms with Crippen molar-refractivity contribution in [2.45, 2.75) is 25.4 Å². The molecule has 0 radical (unpaired) electrons. The summed E-state index contributed by atoms with van der Waals surface area (Å²) in [5, 5.41) is 12.5. The molecule has 0 atom stereocenters. The van der Waals surface area contributed by atoms with Crippen LogP contribution in [0.3, 0.4) is 0 Å². The SMILES string of the molecule is O=C(NCCCN1CCC(O)CC1)c1cc(Cl)ccc1F. The minimum Gasteiger partial charge on any atom is -0.393 e. The first-order valence-electron chi connectivity index (χ1n) is 7.20. The van der Waals surface area contributed by atoms with Gasteiger partial charge in [-0.05, 0) is 44.0 Å². The molecule has 1 saturated heterocycles. The molecule has 6 heteroatoms. The van der Waals surface area contributed by atoms with E-state index in [4.69, 9.17) is 11.6 Å². The fraction of sp³-hybridized carbons (Fsp3) is 0.533. The Bertz CT molecular complexity index is 491. The second-order valence-electron chi connectivity index (χ2n) is 5.31. The van der Waals surface area contributed by atoms with E-state index in [1.54, 1.807) is 0 Å². The minimum atomic E-state index is -0.568. The molecule has 21 heavy (non-hydrogen) atoms. The van der Waals surface area contributed by atoms with E-state index in [-0.39, 0.29) is 11.7 Å². The number of hydrogen-bond donors (Lipinski definition) is 2. The van der Waals surface area contributed by atoms with Crippen LogP contribution in [0.4, 0.5) is 4.39 Å². The van der Waals surface area contributed by atoms with Gasteiger partial charge in [-0.15, -0.1) is 0 Å². The Balaban J connectivity index is 1.71. The van der Waals surface area contributed by atoms with Gasteiger partial charge in [0.1, 0.15) is 5.82 Å². The van der Waals surface area contributed by atoms with E-state index in [2.05, 4.69) is 10.2 Å². The zero-order valence-electron chi connectivity index (χ0n) is 11.8. The monoisotopic (exact) mass is 314 g/mol. The molecule has 2 rings (SSSR count). The lowest BCUT2D eigenvalue weighted by atomic mass is 10.1. The van der Waals surface area contributed by atoms with E-state index < -0.39 is 11.7 Å². The van der Waals surface area contributed by atoms with Crippen molar-refractivity contribution in [1.29, 1.82) is 0 Å². The standard InChI is InChI=1S/C15H20ClFN2O2/c16-11-2-3-14(17)13(10-11)15(21)18-6-1-7-19-8-4-12(20)5-9-19/h2-3,10,12,20H,1,4-9H2,(H,18,21). The molecule has 1 heterocycles. The first kappa shape index (κ1) is 16.2. The summed E-state index contributed by atoms with van der Waals surface area (Å²) < 4.78 is 13.5. The van der Waals surface area contributed by atoms with Gasteiger partial charge in [-0.25, -0.2) is 4.39 Å². The molecule has 0 spiro atoms. The Hall–Kier alpha value is -1.17. The van der Waals surface area contributed by atoms with Gasteiger partial charge in [-0.3, -0.25) is 4.79 Å². The van der Waals surface area contributed by atoms with Gasteiger partial charge < -0.3 is 15.3 Å². The number of nitrogens with one attached hydrogen (secondary N) is 1. The van der Waals surface area contributed by atoms with Crippen LogP contribution in [0.25, 0.3) is 0 Å². The number of piperidine rings is 1. The van der Waals surface area contributed by atoms with Crippen LogP contribution in [0.1, 0.15) is 29.6 Å². The number of amides is 1. The highest BCUT2D eigenvalue weighted by molar-refractivity contribution is 6.30. The summed E-state index contributed by atoms with van der Waals surface area (Å²) in [5.74, 6) is -1.01. The smallest absolute Gasteiger partial charge is 0.254 e. The predicted molar refractivity (Wildman–Crippen MR) is 80.0 cm³/mol. The van der Waals surface area contributed by atoms with Crippen molar-refractivity contribution < 1.29 is 14.3 Å². The lowest BCUT2D eigenvalue weighted by Gasteiger charge is -2.29.